The number of nitrogens with one attached hydrogen (secondary N) is 1. The van der Waals surface area contributed by atoms with Crippen molar-refractivity contribution in [3.05, 3.63) is 18.2 Å². The van der Waals surface area contributed by atoms with Gasteiger partial charge in [-0.15, -0.1) is 0 Å². The van der Waals surface area contributed by atoms with E-state index in [0.29, 0.717) is 24.3 Å². The molecule has 2 rings (SSSR count). The van der Waals surface area contributed by atoms with E-state index in [9.17, 15) is 14.7 Å². The highest BCUT2D eigenvalue weighted by Crippen LogP contribution is 2.34. The normalized spacial score (nSPS) is 21.4. The van der Waals surface area contributed by atoms with Gasteiger partial charge in [-0.05, 0) is 25.0 Å². The smallest absolute Gasteiger partial charge is 0.307 e. The van der Waals surface area contributed by atoms with Crippen molar-refractivity contribution in [3.8, 4) is 11.5 Å². The summed E-state index contributed by atoms with van der Waals surface area (Å²) in [7, 11) is 1.43. The van der Waals surface area contributed by atoms with Gasteiger partial charge in [0.2, 0.25) is 5.91 Å². The van der Waals surface area contributed by atoms with Gasteiger partial charge in [0, 0.05) is 11.8 Å². The molecule has 0 heterocycles. The number of aliphatic carboxylic acids is 1. The molecule has 1 amide bonds. The zero-order valence-corrected chi connectivity index (χ0v) is 11.1. The van der Waals surface area contributed by atoms with Crippen molar-refractivity contribution >= 4 is 17.6 Å². The lowest BCUT2D eigenvalue weighted by Crippen LogP contribution is -2.29. The Balaban J connectivity index is 2.08. The second-order valence-corrected chi connectivity index (χ2v) is 4.86. The van der Waals surface area contributed by atoms with E-state index in [1.165, 1.54) is 19.2 Å². The van der Waals surface area contributed by atoms with E-state index in [4.69, 9.17) is 9.84 Å². The van der Waals surface area contributed by atoms with Crippen molar-refractivity contribution in [3.63, 3.8) is 0 Å². The molecule has 1 aliphatic rings. The second kappa shape index (κ2) is 5.81. The van der Waals surface area contributed by atoms with Crippen molar-refractivity contribution in [1.29, 1.82) is 0 Å². The number of carboxylic acids is 1. The largest absolute Gasteiger partial charge is 0.504 e. The minimum absolute atomic E-state index is 0.0773. The fourth-order valence-electron chi connectivity index (χ4n) is 2.57. The van der Waals surface area contributed by atoms with Crippen molar-refractivity contribution in [1.82, 2.24) is 0 Å². The van der Waals surface area contributed by atoms with E-state index in [2.05, 4.69) is 5.32 Å². The van der Waals surface area contributed by atoms with E-state index in [1.54, 1.807) is 6.07 Å². The van der Waals surface area contributed by atoms with Crippen LogP contribution in [0.25, 0.3) is 0 Å². The summed E-state index contributed by atoms with van der Waals surface area (Å²) in [6, 6.07) is 4.51. The van der Waals surface area contributed by atoms with Crippen LogP contribution in [-0.4, -0.2) is 29.2 Å². The second-order valence-electron chi connectivity index (χ2n) is 4.86. The maximum absolute atomic E-state index is 12.1. The average Bonchev–Trinajstić information content (AvgIpc) is 2.88. The number of carbonyl (C=O) groups is 2. The molecule has 0 bridgehead atoms. The van der Waals surface area contributed by atoms with Crippen molar-refractivity contribution in [2.24, 2.45) is 11.8 Å². The number of carbonyl (C=O) groups excluding carboxylic acids is 1. The standard InChI is InChI=1S/C14H17NO5/c1-20-12-6-5-8(7-11(12)16)15-13(17)9-3-2-4-10(9)14(18)19/h5-7,9-10,16H,2-4H2,1H3,(H,15,17)(H,18,19). The van der Waals surface area contributed by atoms with E-state index >= 15 is 0 Å². The molecule has 1 aliphatic carbocycles. The van der Waals surface area contributed by atoms with Crippen LogP contribution in [0.5, 0.6) is 11.5 Å². The van der Waals surface area contributed by atoms with E-state index in [1.807, 2.05) is 0 Å². The van der Waals surface area contributed by atoms with Gasteiger partial charge in [0.1, 0.15) is 0 Å². The molecule has 108 valence electrons. The third kappa shape index (κ3) is 2.84. The van der Waals surface area contributed by atoms with Crippen molar-refractivity contribution in [2.45, 2.75) is 19.3 Å². The highest BCUT2D eigenvalue weighted by Gasteiger charge is 2.37. The Morgan fingerprint density at radius 1 is 1.30 bits per heavy atom. The summed E-state index contributed by atoms with van der Waals surface area (Å²) in [5, 5.41) is 21.4. The predicted octanol–water partition coefficient (Wildman–Crippen LogP) is 1.84. The summed E-state index contributed by atoms with van der Waals surface area (Å²) in [6.45, 7) is 0. The number of benzene rings is 1. The number of carboxylic acid groups (broad SMARTS) is 1. The Morgan fingerprint density at radius 3 is 2.60 bits per heavy atom. The van der Waals surface area contributed by atoms with Crippen LogP contribution in [0.2, 0.25) is 0 Å². The van der Waals surface area contributed by atoms with Crippen molar-refractivity contribution < 1.29 is 24.5 Å². The number of phenolic OH excluding ortho intramolecular Hbond substituents is 1. The Bertz CT molecular complexity index is 528. The topological polar surface area (TPSA) is 95.9 Å². The summed E-state index contributed by atoms with van der Waals surface area (Å²) in [5.41, 5.74) is 0.421. The van der Waals surface area contributed by atoms with Gasteiger partial charge in [-0.2, -0.15) is 0 Å². The monoisotopic (exact) mass is 279 g/mol. The third-order valence-electron chi connectivity index (χ3n) is 3.62. The van der Waals surface area contributed by atoms with Crippen LogP contribution in [0.4, 0.5) is 5.69 Å². The molecule has 6 heteroatoms. The number of methoxy groups -OCH3 is 1. The quantitative estimate of drug-likeness (QED) is 0.781. The molecule has 0 saturated heterocycles. The molecule has 3 N–H and O–H groups in total. The minimum atomic E-state index is -0.930. The predicted molar refractivity (Wildman–Crippen MR) is 71.8 cm³/mol. The molecule has 2 atom stereocenters. The van der Waals surface area contributed by atoms with E-state index in [0.717, 1.165) is 6.42 Å². The summed E-state index contributed by atoms with van der Waals surface area (Å²) in [5.74, 6) is -2.16. The molecule has 0 aromatic heterocycles. The van der Waals surface area contributed by atoms with Crippen LogP contribution in [0.1, 0.15) is 19.3 Å². The van der Waals surface area contributed by atoms with Gasteiger partial charge < -0.3 is 20.3 Å². The molecule has 1 fully saturated rings. The van der Waals surface area contributed by atoms with Gasteiger partial charge in [-0.25, -0.2) is 0 Å². The molecule has 1 aromatic carbocycles. The molecule has 1 saturated carbocycles. The van der Waals surface area contributed by atoms with E-state index in [-0.39, 0.29) is 11.7 Å². The van der Waals surface area contributed by atoms with Crippen LogP contribution in [0, 0.1) is 11.8 Å². The van der Waals surface area contributed by atoms with Gasteiger partial charge in [0.05, 0.1) is 18.9 Å². The maximum atomic E-state index is 12.1. The first-order chi connectivity index (χ1) is 9.52. The van der Waals surface area contributed by atoms with Crippen molar-refractivity contribution in [2.75, 3.05) is 12.4 Å². The molecular formula is C14H17NO5. The van der Waals surface area contributed by atoms with Crippen LogP contribution in [0.3, 0.4) is 0 Å². The molecule has 1 aromatic rings. The van der Waals surface area contributed by atoms with Gasteiger partial charge in [-0.3, -0.25) is 9.59 Å². The number of hydrogen-bond acceptors (Lipinski definition) is 4. The fourth-order valence-corrected chi connectivity index (χ4v) is 2.57. The third-order valence-corrected chi connectivity index (χ3v) is 3.62. The summed E-state index contributed by atoms with van der Waals surface area (Å²) >= 11 is 0. The number of anilines is 1. The fraction of sp³-hybridized carbons (Fsp3) is 0.429. The lowest BCUT2D eigenvalue weighted by Gasteiger charge is -2.16. The zero-order valence-electron chi connectivity index (χ0n) is 11.1. The molecular weight excluding hydrogens is 262 g/mol. The average molecular weight is 279 g/mol. The number of rotatable bonds is 4. The Morgan fingerprint density at radius 2 is 2.00 bits per heavy atom. The Labute approximate surface area is 116 Å². The lowest BCUT2D eigenvalue weighted by molar-refractivity contribution is -0.145. The van der Waals surface area contributed by atoms with Gasteiger partial charge in [-0.1, -0.05) is 6.42 Å². The molecule has 0 aliphatic heterocycles. The number of phenols is 1. The highest BCUT2D eigenvalue weighted by atomic mass is 16.5. The number of hydrogen-bond donors (Lipinski definition) is 3. The first-order valence-corrected chi connectivity index (χ1v) is 6.43. The molecule has 6 nitrogen and oxygen atoms in total. The first kappa shape index (κ1) is 14.2. The molecule has 0 radical (unpaired) electrons. The first-order valence-electron chi connectivity index (χ1n) is 6.43. The van der Waals surface area contributed by atoms with Crippen LogP contribution < -0.4 is 10.1 Å². The number of aromatic hydroxyl groups is 1. The summed E-state index contributed by atoms with van der Waals surface area (Å²) < 4.78 is 4.91. The Kier molecular flexibility index (Phi) is 4.12. The van der Waals surface area contributed by atoms with Crippen LogP contribution in [0.15, 0.2) is 18.2 Å². The highest BCUT2D eigenvalue weighted by molar-refractivity contribution is 5.95. The van der Waals surface area contributed by atoms with Crippen LogP contribution in [-0.2, 0) is 9.59 Å². The Hall–Kier alpha value is -2.24. The lowest BCUT2D eigenvalue weighted by atomic mass is 9.95. The van der Waals surface area contributed by atoms with Gasteiger partial charge >= 0.3 is 5.97 Å². The number of ether oxygens (including phenoxy) is 1. The SMILES string of the molecule is COc1ccc(NC(=O)C2CCCC2C(=O)O)cc1O. The van der Waals surface area contributed by atoms with Crippen LogP contribution >= 0.6 is 0 Å². The summed E-state index contributed by atoms with van der Waals surface area (Å²) in [6.07, 6.45) is 1.84. The maximum Gasteiger partial charge on any atom is 0.307 e. The molecule has 20 heavy (non-hydrogen) atoms. The van der Waals surface area contributed by atoms with Gasteiger partial charge in [0.15, 0.2) is 11.5 Å². The van der Waals surface area contributed by atoms with Gasteiger partial charge in [0.25, 0.3) is 0 Å². The number of amides is 1. The zero-order chi connectivity index (χ0) is 14.7. The minimum Gasteiger partial charge on any atom is -0.504 e. The summed E-state index contributed by atoms with van der Waals surface area (Å²) in [4.78, 5) is 23.2. The van der Waals surface area contributed by atoms with E-state index < -0.39 is 17.8 Å². The molecule has 0 spiro atoms. The molecule has 2 unspecified atom stereocenters.